The summed E-state index contributed by atoms with van der Waals surface area (Å²) in [6.45, 7) is 3.29. The van der Waals surface area contributed by atoms with Gasteiger partial charge in [-0.3, -0.25) is 4.79 Å². The van der Waals surface area contributed by atoms with Crippen LogP contribution in [0.2, 0.25) is 0 Å². The Morgan fingerprint density at radius 2 is 1.88 bits per heavy atom. The molecule has 0 radical (unpaired) electrons. The van der Waals surface area contributed by atoms with E-state index >= 15 is 0 Å². The molecule has 2 aromatic rings. The van der Waals surface area contributed by atoms with Gasteiger partial charge >= 0.3 is 0 Å². The van der Waals surface area contributed by atoms with Crippen molar-refractivity contribution in [2.75, 3.05) is 0 Å². The second kappa shape index (κ2) is 3.66. The van der Waals surface area contributed by atoms with E-state index in [1.807, 2.05) is 0 Å². The van der Waals surface area contributed by atoms with Crippen LogP contribution in [0.4, 0.5) is 8.78 Å². The van der Waals surface area contributed by atoms with Crippen LogP contribution in [-0.4, -0.2) is 4.98 Å². The summed E-state index contributed by atoms with van der Waals surface area (Å²) in [5, 5.41) is 0.0144. The molecule has 0 bridgehead atoms. The number of hydrogen-bond acceptors (Lipinski definition) is 1. The molecular formula is C11H8BrF2NO. The number of rotatable bonds is 0. The number of aromatic amines is 1. The monoisotopic (exact) mass is 287 g/mol. The predicted molar refractivity (Wildman–Crippen MR) is 61.7 cm³/mol. The van der Waals surface area contributed by atoms with Gasteiger partial charge in [-0.1, -0.05) is 0 Å². The smallest absolute Gasteiger partial charge is 0.193 e. The number of nitrogens with one attached hydrogen (secondary N) is 1. The van der Waals surface area contributed by atoms with Crippen LogP contribution in [-0.2, 0) is 0 Å². The summed E-state index contributed by atoms with van der Waals surface area (Å²) in [5.41, 5.74) is 0.700. The number of pyridine rings is 1. The molecule has 1 aromatic carbocycles. The number of fused-ring (bicyclic) bond motifs is 1. The first-order chi connectivity index (χ1) is 7.43. The Bertz CT molecular complexity index is 649. The molecule has 2 nitrogen and oxygen atoms in total. The topological polar surface area (TPSA) is 32.9 Å². The highest BCUT2D eigenvalue weighted by atomic mass is 79.9. The van der Waals surface area contributed by atoms with E-state index in [-0.39, 0.29) is 20.8 Å². The van der Waals surface area contributed by atoms with E-state index in [4.69, 9.17) is 0 Å². The molecule has 0 aliphatic carbocycles. The predicted octanol–water partition coefficient (Wildman–Crippen LogP) is 3.19. The van der Waals surface area contributed by atoms with Crippen molar-refractivity contribution in [2.24, 2.45) is 0 Å². The van der Waals surface area contributed by atoms with Gasteiger partial charge in [-0.25, -0.2) is 8.78 Å². The lowest BCUT2D eigenvalue weighted by atomic mass is 10.1. The molecule has 1 heterocycles. The Morgan fingerprint density at radius 3 is 2.50 bits per heavy atom. The summed E-state index contributed by atoms with van der Waals surface area (Å²) in [4.78, 5) is 14.7. The highest BCUT2D eigenvalue weighted by Gasteiger charge is 2.15. The van der Waals surface area contributed by atoms with Crippen LogP contribution in [0.5, 0.6) is 0 Å². The van der Waals surface area contributed by atoms with Crippen LogP contribution in [0.1, 0.15) is 11.3 Å². The van der Waals surface area contributed by atoms with Gasteiger partial charge in [0.05, 0.1) is 15.4 Å². The van der Waals surface area contributed by atoms with E-state index in [1.54, 1.807) is 13.8 Å². The summed E-state index contributed by atoms with van der Waals surface area (Å²) in [6.07, 6.45) is 0. The van der Waals surface area contributed by atoms with Crippen LogP contribution in [0.25, 0.3) is 10.9 Å². The fourth-order valence-corrected chi connectivity index (χ4v) is 2.06. The molecule has 5 heteroatoms. The van der Waals surface area contributed by atoms with E-state index in [9.17, 15) is 13.6 Å². The summed E-state index contributed by atoms with van der Waals surface area (Å²) in [6, 6.07) is 0.747. The zero-order chi connectivity index (χ0) is 12.0. The fourth-order valence-electron chi connectivity index (χ4n) is 1.57. The average Bonchev–Trinajstić information content (AvgIpc) is 2.22. The minimum atomic E-state index is -0.779. The lowest BCUT2D eigenvalue weighted by Gasteiger charge is -2.07. The van der Waals surface area contributed by atoms with Crippen molar-refractivity contribution >= 4 is 26.8 Å². The number of benzene rings is 1. The molecule has 0 spiro atoms. The molecule has 1 N–H and O–H groups in total. The molecule has 0 saturated carbocycles. The molecular weight excluding hydrogens is 280 g/mol. The Balaban J connectivity index is 3.14. The summed E-state index contributed by atoms with van der Waals surface area (Å²) in [5.74, 6) is -1.55. The number of aromatic nitrogens is 1. The van der Waals surface area contributed by atoms with Crippen LogP contribution < -0.4 is 5.43 Å². The summed E-state index contributed by atoms with van der Waals surface area (Å²) < 4.78 is 26.8. The fraction of sp³-hybridized carbons (Fsp3) is 0.182. The van der Waals surface area contributed by atoms with Gasteiger partial charge in [0.25, 0.3) is 0 Å². The van der Waals surface area contributed by atoms with Crippen molar-refractivity contribution in [1.29, 1.82) is 0 Å². The minimum absolute atomic E-state index is 0.00625. The van der Waals surface area contributed by atoms with Crippen LogP contribution in [0.15, 0.2) is 15.3 Å². The van der Waals surface area contributed by atoms with Gasteiger partial charge in [0.15, 0.2) is 5.43 Å². The van der Waals surface area contributed by atoms with Gasteiger partial charge in [-0.05, 0) is 29.8 Å². The Hall–Kier alpha value is -1.23. The van der Waals surface area contributed by atoms with E-state index in [0.29, 0.717) is 11.3 Å². The zero-order valence-electron chi connectivity index (χ0n) is 8.62. The molecule has 1 aromatic heterocycles. The Morgan fingerprint density at radius 1 is 1.25 bits per heavy atom. The molecule has 0 fully saturated rings. The number of halogens is 3. The van der Waals surface area contributed by atoms with Crippen molar-refractivity contribution in [2.45, 2.75) is 13.8 Å². The van der Waals surface area contributed by atoms with Crippen LogP contribution in [0.3, 0.4) is 0 Å². The molecule has 16 heavy (non-hydrogen) atoms. The highest BCUT2D eigenvalue weighted by Crippen LogP contribution is 2.26. The van der Waals surface area contributed by atoms with Gasteiger partial charge in [-0.2, -0.15) is 0 Å². The first-order valence-electron chi connectivity index (χ1n) is 4.60. The van der Waals surface area contributed by atoms with Gasteiger partial charge in [0.2, 0.25) is 0 Å². The summed E-state index contributed by atoms with van der Waals surface area (Å²) >= 11 is 2.96. The lowest BCUT2D eigenvalue weighted by Crippen LogP contribution is -2.11. The van der Waals surface area contributed by atoms with Crippen LogP contribution >= 0.6 is 15.9 Å². The first kappa shape index (κ1) is 11.3. The molecule has 84 valence electrons. The normalized spacial score (nSPS) is 11.1. The first-order valence-corrected chi connectivity index (χ1v) is 5.39. The van der Waals surface area contributed by atoms with E-state index in [0.717, 1.165) is 6.07 Å². The van der Waals surface area contributed by atoms with Crippen molar-refractivity contribution in [3.63, 3.8) is 0 Å². The third-order valence-corrected chi connectivity index (χ3v) is 3.39. The Kier molecular flexibility index (Phi) is 2.58. The molecule has 0 aliphatic heterocycles. The zero-order valence-corrected chi connectivity index (χ0v) is 10.2. The van der Waals surface area contributed by atoms with E-state index in [1.165, 1.54) is 0 Å². The minimum Gasteiger partial charge on any atom is -0.356 e. The quantitative estimate of drug-likeness (QED) is 0.742. The SMILES string of the molecule is Cc1[nH]c2c(F)cc(F)c(Br)c2c(=O)c1C. The molecule has 0 amide bonds. The highest BCUT2D eigenvalue weighted by molar-refractivity contribution is 9.10. The summed E-state index contributed by atoms with van der Waals surface area (Å²) in [7, 11) is 0. The maximum absolute atomic E-state index is 13.5. The second-order valence-electron chi connectivity index (χ2n) is 3.61. The standard InChI is InChI=1S/C11H8BrF2NO/c1-4-5(2)15-10-7(14)3-6(13)9(12)8(10)11(4)16/h3H,1-2H3,(H,15,16). The van der Waals surface area contributed by atoms with Gasteiger partial charge in [-0.15, -0.1) is 0 Å². The molecule has 2 rings (SSSR count). The Labute approximate surface area is 98.4 Å². The molecule has 0 unspecified atom stereocenters. The number of aryl methyl sites for hydroxylation is 1. The van der Waals surface area contributed by atoms with E-state index in [2.05, 4.69) is 20.9 Å². The average molecular weight is 288 g/mol. The molecule has 0 saturated heterocycles. The van der Waals surface area contributed by atoms with Crippen molar-refractivity contribution in [3.8, 4) is 0 Å². The number of hydrogen-bond donors (Lipinski definition) is 1. The molecule has 0 aliphatic rings. The maximum Gasteiger partial charge on any atom is 0.193 e. The third-order valence-electron chi connectivity index (χ3n) is 2.61. The largest absolute Gasteiger partial charge is 0.356 e. The second-order valence-corrected chi connectivity index (χ2v) is 4.40. The van der Waals surface area contributed by atoms with Gasteiger partial charge in [0.1, 0.15) is 11.6 Å². The van der Waals surface area contributed by atoms with Crippen molar-refractivity contribution in [1.82, 2.24) is 4.98 Å². The lowest BCUT2D eigenvalue weighted by molar-refractivity contribution is 0.586. The molecule has 0 atom stereocenters. The van der Waals surface area contributed by atoms with Crippen molar-refractivity contribution < 1.29 is 8.78 Å². The van der Waals surface area contributed by atoms with E-state index < -0.39 is 11.6 Å². The van der Waals surface area contributed by atoms with Gasteiger partial charge < -0.3 is 4.98 Å². The van der Waals surface area contributed by atoms with Gasteiger partial charge in [0, 0.05) is 17.3 Å². The van der Waals surface area contributed by atoms with Crippen LogP contribution in [0, 0.1) is 25.5 Å². The number of H-pyrrole nitrogens is 1. The maximum atomic E-state index is 13.5. The van der Waals surface area contributed by atoms with Crippen molar-refractivity contribution in [3.05, 3.63) is 43.7 Å². The third kappa shape index (κ3) is 1.46.